The molecule has 17 heavy (non-hydrogen) atoms. The molecule has 1 heterocycles. The van der Waals surface area contributed by atoms with Crippen molar-refractivity contribution in [3.63, 3.8) is 0 Å². The maximum atomic E-state index is 12.0. The predicted octanol–water partition coefficient (Wildman–Crippen LogP) is 1.87. The summed E-state index contributed by atoms with van der Waals surface area (Å²) in [5, 5.41) is 12.3. The van der Waals surface area contributed by atoms with Gasteiger partial charge in [-0.25, -0.2) is 0 Å². The van der Waals surface area contributed by atoms with Crippen molar-refractivity contribution in [1.29, 1.82) is 0 Å². The molecule has 0 radical (unpaired) electrons. The van der Waals surface area contributed by atoms with Crippen LogP contribution in [0, 0.1) is 12.8 Å². The fourth-order valence-corrected chi connectivity index (χ4v) is 2.38. The zero-order valence-corrected chi connectivity index (χ0v) is 10.3. The van der Waals surface area contributed by atoms with Crippen LogP contribution in [-0.2, 0) is 0 Å². The molecular weight excluding hydrogens is 218 g/mol. The number of nitrogens with one attached hydrogen (secondary N) is 1. The summed E-state index contributed by atoms with van der Waals surface area (Å²) in [7, 11) is 0. The minimum Gasteiger partial charge on any atom is -0.469 e. The van der Waals surface area contributed by atoms with Crippen molar-refractivity contribution in [3.05, 3.63) is 23.7 Å². The van der Waals surface area contributed by atoms with Gasteiger partial charge >= 0.3 is 0 Å². The van der Waals surface area contributed by atoms with E-state index in [1.165, 1.54) is 6.26 Å². The average molecular weight is 237 g/mol. The van der Waals surface area contributed by atoms with Crippen LogP contribution in [0.1, 0.15) is 42.3 Å². The summed E-state index contributed by atoms with van der Waals surface area (Å²) in [6, 6.07) is 1.84. The van der Waals surface area contributed by atoms with Crippen LogP contribution in [-0.4, -0.2) is 23.2 Å². The van der Waals surface area contributed by atoms with Gasteiger partial charge in [0.05, 0.1) is 17.9 Å². The standard InChI is InChI=1S/C13H19NO3/c1-3-12(9-6-10(15)7-9)14-13(16)11-4-5-17-8(11)2/h4-5,9-10,12,15H,3,6-7H2,1-2H3,(H,14,16). The third-order valence-corrected chi connectivity index (χ3v) is 3.58. The van der Waals surface area contributed by atoms with Gasteiger partial charge in [-0.2, -0.15) is 0 Å². The van der Waals surface area contributed by atoms with Gasteiger partial charge in [0, 0.05) is 6.04 Å². The summed E-state index contributed by atoms with van der Waals surface area (Å²) in [6.07, 6.45) is 3.83. The van der Waals surface area contributed by atoms with Crippen LogP contribution in [0.25, 0.3) is 0 Å². The highest BCUT2D eigenvalue weighted by Gasteiger charge is 2.34. The Bertz CT molecular complexity index is 393. The lowest BCUT2D eigenvalue weighted by Gasteiger charge is -2.37. The molecule has 0 spiro atoms. The third-order valence-electron chi connectivity index (χ3n) is 3.58. The second-order valence-corrected chi connectivity index (χ2v) is 4.76. The Morgan fingerprint density at radius 3 is 2.82 bits per heavy atom. The van der Waals surface area contributed by atoms with Crippen LogP contribution >= 0.6 is 0 Å². The first-order valence-corrected chi connectivity index (χ1v) is 6.14. The summed E-state index contributed by atoms with van der Waals surface area (Å²) in [4.78, 5) is 12.0. The number of aliphatic hydroxyl groups excluding tert-OH is 1. The third kappa shape index (κ3) is 2.52. The molecule has 0 saturated heterocycles. The molecule has 4 heteroatoms. The van der Waals surface area contributed by atoms with E-state index in [-0.39, 0.29) is 18.1 Å². The topological polar surface area (TPSA) is 62.5 Å². The van der Waals surface area contributed by atoms with Gasteiger partial charge in [-0.3, -0.25) is 4.79 Å². The number of carbonyl (C=O) groups is 1. The molecular formula is C13H19NO3. The molecule has 1 aromatic heterocycles. The molecule has 1 fully saturated rings. The van der Waals surface area contributed by atoms with Crippen molar-refractivity contribution in [1.82, 2.24) is 5.32 Å². The fraction of sp³-hybridized carbons (Fsp3) is 0.615. The Balaban J connectivity index is 1.95. The quantitative estimate of drug-likeness (QED) is 0.840. The van der Waals surface area contributed by atoms with E-state index in [4.69, 9.17) is 4.42 Å². The highest BCUT2D eigenvalue weighted by Crippen LogP contribution is 2.31. The van der Waals surface area contributed by atoms with E-state index < -0.39 is 0 Å². The normalized spacial score (nSPS) is 25.1. The van der Waals surface area contributed by atoms with Crippen LogP contribution in [0.2, 0.25) is 0 Å². The number of rotatable bonds is 4. The summed E-state index contributed by atoms with van der Waals surface area (Å²) in [5.41, 5.74) is 0.600. The first-order valence-electron chi connectivity index (χ1n) is 6.14. The number of hydrogen-bond acceptors (Lipinski definition) is 3. The van der Waals surface area contributed by atoms with Crippen molar-refractivity contribution in [2.75, 3.05) is 0 Å². The van der Waals surface area contributed by atoms with Gasteiger partial charge in [0.2, 0.25) is 0 Å². The van der Waals surface area contributed by atoms with E-state index >= 15 is 0 Å². The smallest absolute Gasteiger partial charge is 0.255 e. The minimum atomic E-state index is -0.179. The first-order chi connectivity index (χ1) is 8.11. The number of hydrogen-bond donors (Lipinski definition) is 2. The number of carbonyl (C=O) groups excluding carboxylic acids is 1. The lowest BCUT2D eigenvalue weighted by Crippen LogP contribution is -2.46. The predicted molar refractivity (Wildman–Crippen MR) is 63.7 cm³/mol. The molecule has 1 amide bonds. The second kappa shape index (κ2) is 4.92. The van der Waals surface area contributed by atoms with Crippen LogP contribution in [0.15, 0.2) is 16.7 Å². The summed E-state index contributed by atoms with van der Waals surface area (Å²) in [5.74, 6) is 0.974. The fourth-order valence-electron chi connectivity index (χ4n) is 2.38. The zero-order chi connectivity index (χ0) is 12.4. The van der Waals surface area contributed by atoms with Crippen LogP contribution in [0.3, 0.4) is 0 Å². The Kier molecular flexibility index (Phi) is 3.52. The van der Waals surface area contributed by atoms with Gasteiger partial charge in [0.1, 0.15) is 5.76 Å². The molecule has 1 atom stereocenters. The lowest BCUT2D eigenvalue weighted by molar-refractivity contribution is 0.0232. The number of aryl methyl sites for hydroxylation is 1. The Hall–Kier alpha value is -1.29. The Morgan fingerprint density at radius 2 is 2.35 bits per heavy atom. The Morgan fingerprint density at radius 1 is 1.65 bits per heavy atom. The average Bonchev–Trinajstić information content (AvgIpc) is 2.68. The molecule has 4 nitrogen and oxygen atoms in total. The highest BCUT2D eigenvalue weighted by atomic mass is 16.3. The van der Waals surface area contributed by atoms with Crippen molar-refractivity contribution >= 4 is 5.91 Å². The van der Waals surface area contributed by atoms with E-state index in [1.54, 1.807) is 13.0 Å². The van der Waals surface area contributed by atoms with E-state index in [2.05, 4.69) is 12.2 Å². The number of aliphatic hydroxyl groups is 1. The molecule has 0 aromatic carbocycles. The van der Waals surface area contributed by atoms with Gasteiger partial charge in [-0.15, -0.1) is 0 Å². The molecule has 94 valence electrons. The molecule has 1 saturated carbocycles. The van der Waals surface area contributed by atoms with E-state index in [0.717, 1.165) is 19.3 Å². The van der Waals surface area contributed by atoms with Crippen molar-refractivity contribution in [3.8, 4) is 0 Å². The summed E-state index contributed by atoms with van der Waals surface area (Å²) < 4.78 is 5.12. The number of amides is 1. The van der Waals surface area contributed by atoms with E-state index in [9.17, 15) is 9.90 Å². The van der Waals surface area contributed by atoms with Crippen molar-refractivity contribution < 1.29 is 14.3 Å². The van der Waals surface area contributed by atoms with Crippen LogP contribution in [0.4, 0.5) is 0 Å². The molecule has 1 aliphatic rings. The van der Waals surface area contributed by atoms with Gasteiger partial charge in [0.25, 0.3) is 5.91 Å². The van der Waals surface area contributed by atoms with E-state index in [0.29, 0.717) is 17.2 Å². The van der Waals surface area contributed by atoms with Crippen molar-refractivity contribution in [2.45, 2.75) is 45.3 Å². The zero-order valence-electron chi connectivity index (χ0n) is 10.3. The Labute approximate surface area is 101 Å². The van der Waals surface area contributed by atoms with Gasteiger partial charge < -0.3 is 14.8 Å². The van der Waals surface area contributed by atoms with Crippen molar-refractivity contribution in [2.24, 2.45) is 5.92 Å². The monoisotopic (exact) mass is 237 g/mol. The van der Waals surface area contributed by atoms with Crippen LogP contribution < -0.4 is 5.32 Å². The SMILES string of the molecule is CCC(NC(=O)c1ccoc1C)C1CC(O)C1. The maximum absolute atomic E-state index is 12.0. The molecule has 2 rings (SSSR count). The minimum absolute atomic E-state index is 0.0792. The largest absolute Gasteiger partial charge is 0.469 e. The number of furan rings is 1. The maximum Gasteiger partial charge on any atom is 0.255 e. The molecule has 1 aliphatic carbocycles. The molecule has 2 N–H and O–H groups in total. The molecule has 0 aliphatic heterocycles. The molecule has 1 unspecified atom stereocenters. The van der Waals surface area contributed by atoms with Gasteiger partial charge in [-0.1, -0.05) is 6.92 Å². The van der Waals surface area contributed by atoms with Gasteiger partial charge in [-0.05, 0) is 38.2 Å². The summed E-state index contributed by atoms with van der Waals surface area (Å²) >= 11 is 0. The highest BCUT2D eigenvalue weighted by molar-refractivity contribution is 5.95. The molecule has 1 aromatic rings. The second-order valence-electron chi connectivity index (χ2n) is 4.76. The van der Waals surface area contributed by atoms with E-state index in [1.807, 2.05) is 0 Å². The summed E-state index contributed by atoms with van der Waals surface area (Å²) in [6.45, 7) is 3.83. The lowest BCUT2D eigenvalue weighted by atomic mass is 9.76. The van der Waals surface area contributed by atoms with Gasteiger partial charge in [0.15, 0.2) is 0 Å². The molecule has 0 bridgehead atoms. The first kappa shape index (κ1) is 12.2. The van der Waals surface area contributed by atoms with Crippen LogP contribution in [0.5, 0.6) is 0 Å².